The van der Waals surface area contributed by atoms with Gasteiger partial charge < -0.3 is 15.9 Å². The Morgan fingerprint density at radius 3 is 2.33 bits per heavy atom. The average molecular weight is 461 g/mol. The molecule has 3 aromatic rings. The van der Waals surface area contributed by atoms with Crippen LogP contribution in [0.3, 0.4) is 0 Å². The highest BCUT2D eigenvalue weighted by Gasteiger charge is 2.30. The van der Waals surface area contributed by atoms with Gasteiger partial charge in [-0.15, -0.1) is 0 Å². The number of benzene rings is 2. The van der Waals surface area contributed by atoms with Gasteiger partial charge in [-0.25, -0.2) is 10.2 Å². The number of amides is 1. The Balaban J connectivity index is 1.84. The van der Waals surface area contributed by atoms with Crippen LogP contribution in [0, 0.1) is 0 Å². The highest BCUT2D eigenvalue weighted by atomic mass is 19.4. The lowest BCUT2D eigenvalue weighted by Gasteiger charge is -2.08. The molecule has 0 spiro atoms. The van der Waals surface area contributed by atoms with E-state index < -0.39 is 23.6 Å². The van der Waals surface area contributed by atoms with Crippen molar-refractivity contribution >= 4 is 23.3 Å². The Kier molecular flexibility index (Phi) is 6.11. The summed E-state index contributed by atoms with van der Waals surface area (Å²) in [4.78, 5) is 23.3. The van der Waals surface area contributed by atoms with Crippen LogP contribution in [0.4, 0.5) is 18.9 Å². The van der Waals surface area contributed by atoms with E-state index in [0.29, 0.717) is 5.56 Å². The SMILES string of the molecule is CC(=NNC(=O)c1ccc(C(=O)O)cc1N)c1nn(C)c(-c2ccc(C(F)(F)F)cc2)c1O. The monoisotopic (exact) mass is 461 g/mol. The quantitative estimate of drug-likeness (QED) is 0.261. The van der Waals surface area contributed by atoms with Gasteiger partial charge in [-0.3, -0.25) is 9.48 Å². The number of aromatic nitrogens is 2. The number of carbonyl (C=O) groups excluding carboxylic acids is 1. The van der Waals surface area contributed by atoms with E-state index >= 15 is 0 Å². The molecule has 0 radical (unpaired) electrons. The van der Waals surface area contributed by atoms with E-state index in [1.165, 1.54) is 42.9 Å². The number of nitrogen functional groups attached to an aromatic ring is 1. The van der Waals surface area contributed by atoms with Crippen LogP contribution in [0.25, 0.3) is 11.3 Å². The predicted molar refractivity (Wildman–Crippen MR) is 113 cm³/mol. The molecule has 0 aliphatic carbocycles. The van der Waals surface area contributed by atoms with Crippen molar-refractivity contribution in [3.63, 3.8) is 0 Å². The number of carboxylic acids is 1. The highest BCUT2D eigenvalue weighted by molar-refractivity contribution is 6.04. The maximum Gasteiger partial charge on any atom is 0.416 e. The van der Waals surface area contributed by atoms with Crippen LogP contribution in [0.15, 0.2) is 47.6 Å². The number of hydrazone groups is 1. The van der Waals surface area contributed by atoms with Crippen molar-refractivity contribution in [1.29, 1.82) is 0 Å². The summed E-state index contributed by atoms with van der Waals surface area (Å²) in [6.45, 7) is 1.45. The van der Waals surface area contributed by atoms with Crippen molar-refractivity contribution in [2.75, 3.05) is 5.73 Å². The Morgan fingerprint density at radius 1 is 1.15 bits per heavy atom. The molecule has 1 amide bonds. The van der Waals surface area contributed by atoms with Crippen LogP contribution < -0.4 is 11.2 Å². The maximum atomic E-state index is 12.8. The number of aryl methyl sites for hydroxylation is 1. The summed E-state index contributed by atoms with van der Waals surface area (Å²) in [7, 11) is 1.49. The maximum absolute atomic E-state index is 12.8. The van der Waals surface area contributed by atoms with Gasteiger partial charge in [-0.2, -0.15) is 23.4 Å². The number of aromatic hydroxyl groups is 1. The summed E-state index contributed by atoms with van der Waals surface area (Å²) in [6, 6.07) is 7.79. The van der Waals surface area contributed by atoms with Crippen LogP contribution in [0.5, 0.6) is 5.75 Å². The number of rotatable bonds is 5. The summed E-state index contributed by atoms with van der Waals surface area (Å²) >= 11 is 0. The number of nitrogens with zero attached hydrogens (tertiary/aromatic N) is 3. The van der Waals surface area contributed by atoms with Crippen molar-refractivity contribution in [3.05, 3.63) is 64.8 Å². The number of hydrogen-bond acceptors (Lipinski definition) is 6. The Morgan fingerprint density at radius 2 is 1.79 bits per heavy atom. The summed E-state index contributed by atoms with van der Waals surface area (Å²) in [5, 5.41) is 27.6. The number of anilines is 1. The van der Waals surface area contributed by atoms with Crippen molar-refractivity contribution in [2.45, 2.75) is 13.1 Å². The molecule has 0 bridgehead atoms. The second kappa shape index (κ2) is 8.65. The lowest BCUT2D eigenvalue weighted by Crippen LogP contribution is -2.21. The largest absolute Gasteiger partial charge is 0.504 e. The van der Waals surface area contributed by atoms with Crippen LogP contribution in [-0.2, 0) is 13.2 Å². The number of nitrogens with two attached hydrogens (primary N) is 1. The minimum Gasteiger partial charge on any atom is -0.504 e. The molecule has 0 saturated carbocycles. The summed E-state index contributed by atoms with van der Waals surface area (Å²) in [5.41, 5.74) is 7.55. The van der Waals surface area contributed by atoms with E-state index in [9.17, 15) is 27.9 Å². The molecule has 12 heteroatoms. The number of carboxylic acid groups (broad SMARTS) is 1. The number of carbonyl (C=O) groups is 2. The van der Waals surface area contributed by atoms with E-state index in [0.717, 1.165) is 18.2 Å². The second-order valence-corrected chi connectivity index (χ2v) is 6.99. The minimum atomic E-state index is -4.49. The van der Waals surface area contributed by atoms with Gasteiger partial charge >= 0.3 is 12.1 Å². The van der Waals surface area contributed by atoms with Gasteiger partial charge in [0.15, 0.2) is 11.4 Å². The molecule has 0 aliphatic heterocycles. The molecule has 2 aromatic carbocycles. The molecule has 0 unspecified atom stereocenters. The number of nitrogens with one attached hydrogen (secondary N) is 1. The Hall–Kier alpha value is -4.35. The number of hydrogen-bond donors (Lipinski definition) is 4. The van der Waals surface area contributed by atoms with E-state index in [4.69, 9.17) is 10.8 Å². The summed E-state index contributed by atoms with van der Waals surface area (Å²) < 4.78 is 39.7. The molecule has 9 nitrogen and oxygen atoms in total. The fourth-order valence-corrected chi connectivity index (χ4v) is 3.05. The first kappa shape index (κ1) is 23.3. The number of alkyl halides is 3. The molecule has 0 saturated heterocycles. The zero-order valence-electron chi connectivity index (χ0n) is 17.3. The van der Waals surface area contributed by atoms with Gasteiger partial charge in [0, 0.05) is 18.3 Å². The zero-order valence-corrected chi connectivity index (χ0v) is 17.3. The first-order valence-corrected chi connectivity index (χ1v) is 9.31. The standard InChI is InChI=1S/C21H18F3N5O4/c1-10(26-27-19(31)14-8-5-12(20(32)33)9-15(14)25)16-18(30)17(29(2)28-16)11-3-6-13(7-4-11)21(22,23)24/h3-9,30H,25H2,1-2H3,(H,27,31)(H,32,33). The van der Waals surface area contributed by atoms with Crippen LogP contribution >= 0.6 is 0 Å². The van der Waals surface area contributed by atoms with Crippen LogP contribution in [0.2, 0.25) is 0 Å². The van der Waals surface area contributed by atoms with Gasteiger partial charge in [0.1, 0.15) is 5.69 Å². The second-order valence-electron chi connectivity index (χ2n) is 6.99. The lowest BCUT2D eigenvalue weighted by atomic mass is 10.1. The molecule has 172 valence electrons. The third-order valence-electron chi connectivity index (χ3n) is 4.72. The zero-order chi connectivity index (χ0) is 24.5. The first-order chi connectivity index (χ1) is 15.4. The van der Waals surface area contributed by atoms with Gasteiger partial charge in [0.25, 0.3) is 5.91 Å². The third kappa shape index (κ3) is 4.79. The Bertz CT molecular complexity index is 1260. The molecule has 0 fully saturated rings. The Labute approximate surface area is 185 Å². The number of halogens is 3. The van der Waals surface area contributed by atoms with Crippen LogP contribution in [0.1, 0.15) is 38.9 Å². The van der Waals surface area contributed by atoms with Crippen molar-refractivity contribution < 1.29 is 33.0 Å². The van der Waals surface area contributed by atoms with Gasteiger partial charge in [0.05, 0.1) is 22.4 Å². The normalized spacial score (nSPS) is 12.0. The summed E-state index contributed by atoms with van der Waals surface area (Å²) in [5.74, 6) is -2.25. The predicted octanol–water partition coefficient (Wildman–Crippen LogP) is 3.25. The summed E-state index contributed by atoms with van der Waals surface area (Å²) in [6.07, 6.45) is -4.49. The molecule has 33 heavy (non-hydrogen) atoms. The molecular weight excluding hydrogens is 443 g/mol. The minimum absolute atomic E-state index is 0.00175. The average Bonchev–Trinajstić information content (AvgIpc) is 3.05. The smallest absolute Gasteiger partial charge is 0.416 e. The fraction of sp³-hybridized carbons (Fsp3) is 0.143. The number of aromatic carboxylic acids is 1. The van der Waals surface area contributed by atoms with Crippen molar-refractivity contribution in [3.8, 4) is 17.0 Å². The topological polar surface area (TPSA) is 143 Å². The van der Waals surface area contributed by atoms with Gasteiger partial charge in [0.2, 0.25) is 0 Å². The van der Waals surface area contributed by atoms with E-state index in [1.807, 2.05) is 0 Å². The van der Waals surface area contributed by atoms with E-state index in [-0.39, 0.29) is 39.7 Å². The van der Waals surface area contributed by atoms with Crippen molar-refractivity contribution in [1.82, 2.24) is 15.2 Å². The van der Waals surface area contributed by atoms with E-state index in [2.05, 4.69) is 15.6 Å². The van der Waals surface area contributed by atoms with Gasteiger partial charge in [-0.05, 0) is 37.3 Å². The van der Waals surface area contributed by atoms with E-state index in [1.54, 1.807) is 0 Å². The molecular formula is C21H18F3N5O4. The molecule has 5 N–H and O–H groups in total. The molecule has 0 atom stereocenters. The third-order valence-corrected chi connectivity index (χ3v) is 4.72. The highest BCUT2D eigenvalue weighted by Crippen LogP contribution is 2.35. The fourth-order valence-electron chi connectivity index (χ4n) is 3.05. The molecule has 3 rings (SSSR count). The lowest BCUT2D eigenvalue weighted by molar-refractivity contribution is -0.137. The first-order valence-electron chi connectivity index (χ1n) is 9.31. The van der Waals surface area contributed by atoms with Crippen LogP contribution in [-0.4, -0.2) is 37.6 Å². The van der Waals surface area contributed by atoms with Crippen molar-refractivity contribution in [2.24, 2.45) is 12.1 Å². The molecule has 1 heterocycles. The molecule has 0 aliphatic rings. The van der Waals surface area contributed by atoms with Gasteiger partial charge in [-0.1, -0.05) is 12.1 Å². The molecule has 1 aromatic heterocycles.